The fourth-order valence-corrected chi connectivity index (χ4v) is 2.29. The van der Waals surface area contributed by atoms with Crippen molar-refractivity contribution in [2.24, 2.45) is 0 Å². The Kier molecular flexibility index (Phi) is 6.14. The lowest BCUT2D eigenvalue weighted by Crippen LogP contribution is -2.39. The lowest BCUT2D eigenvalue weighted by atomic mass is 10.1. The molecule has 0 unspecified atom stereocenters. The van der Waals surface area contributed by atoms with Gasteiger partial charge in [-0.1, -0.05) is 12.1 Å². The number of amides is 1. The molecule has 2 aromatic carbocycles. The average molecular weight is 333 g/mol. The first-order chi connectivity index (χ1) is 12.0. The average Bonchev–Trinajstić information content (AvgIpc) is 2.64. The molecule has 0 spiro atoms. The van der Waals surface area contributed by atoms with Crippen molar-refractivity contribution in [1.29, 1.82) is 10.5 Å². The van der Waals surface area contributed by atoms with Crippen LogP contribution in [-0.2, 0) is 11.3 Å². The highest BCUT2D eigenvalue weighted by molar-refractivity contribution is 5.78. The molecule has 0 atom stereocenters. The molecule has 2 aromatic rings. The van der Waals surface area contributed by atoms with E-state index in [0.717, 1.165) is 5.56 Å². The van der Waals surface area contributed by atoms with Gasteiger partial charge in [0.1, 0.15) is 5.75 Å². The van der Waals surface area contributed by atoms with E-state index in [4.69, 9.17) is 15.3 Å². The molecule has 2 rings (SSSR count). The van der Waals surface area contributed by atoms with Gasteiger partial charge in [-0.15, -0.1) is 0 Å². The van der Waals surface area contributed by atoms with Crippen LogP contribution in [-0.4, -0.2) is 23.5 Å². The quantitative estimate of drug-likeness (QED) is 0.813. The molecule has 5 nitrogen and oxygen atoms in total. The summed E-state index contributed by atoms with van der Waals surface area (Å²) in [5, 5.41) is 17.6. The van der Waals surface area contributed by atoms with Crippen LogP contribution in [0.2, 0.25) is 0 Å². The highest BCUT2D eigenvalue weighted by Crippen LogP contribution is 2.14. The lowest BCUT2D eigenvalue weighted by Gasteiger charge is -2.27. The van der Waals surface area contributed by atoms with Crippen LogP contribution in [0.25, 0.3) is 0 Å². The fraction of sp³-hybridized carbons (Fsp3) is 0.250. The molecule has 0 saturated heterocycles. The molecule has 0 aliphatic rings. The summed E-state index contributed by atoms with van der Waals surface area (Å²) < 4.78 is 5.53. The second-order valence-corrected chi connectivity index (χ2v) is 5.85. The standard InChI is InChI=1S/C20H19N3O2/c1-15(2)23(13-18-5-3-16(11-21)4-6-18)20(24)14-25-19-9-7-17(12-22)8-10-19/h3-10,15H,13-14H2,1-2H3. The smallest absolute Gasteiger partial charge is 0.261 e. The first kappa shape index (κ1) is 18.0. The number of hydrogen-bond acceptors (Lipinski definition) is 4. The number of benzene rings is 2. The predicted molar refractivity (Wildman–Crippen MR) is 93.5 cm³/mol. The summed E-state index contributed by atoms with van der Waals surface area (Å²) in [5.41, 5.74) is 2.10. The Bertz CT molecular complexity index is 797. The van der Waals surface area contributed by atoms with Gasteiger partial charge in [0.15, 0.2) is 6.61 Å². The molecule has 0 saturated carbocycles. The predicted octanol–water partition coefficient (Wildman–Crippen LogP) is 3.25. The largest absolute Gasteiger partial charge is 0.484 e. The van der Waals surface area contributed by atoms with Gasteiger partial charge in [0.05, 0.1) is 23.3 Å². The third-order valence-electron chi connectivity index (χ3n) is 3.73. The van der Waals surface area contributed by atoms with Gasteiger partial charge in [-0.2, -0.15) is 10.5 Å². The molecule has 0 aliphatic heterocycles. The van der Waals surface area contributed by atoms with Gasteiger partial charge in [-0.25, -0.2) is 0 Å². The summed E-state index contributed by atoms with van der Waals surface area (Å²) in [6, 6.07) is 18.0. The third kappa shape index (κ3) is 5.09. The van der Waals surface area contributed by atoms with Crippen molar-refractivity contribution in [3.8, 4) is 17.9 Å². The summed E-state index contributed by atoms with van der Waals surface area (Å²) >= 11 is 0. The molecule has 0 bridgehead atoms. The number of nitrogens with zero attached hydrogens (tertiary/aromatic N) is 3. The second-order valence-electron chi connectivity index (χ2n) is 5.85. The molecule has 0 N–H and O–H groups in total. The van der Waals surface area contributed by atoms with Gasteiger partial charge in [0.2, 0.25) is 0 Å². The normalized spacial score (nSPS) is 9.96. The van der Waals surface area contributed by atoms with E-state index < -0.39 is 0 Å². The summed E-state index contributed by atoms with van der Waals surface area (Å²) in [6.07, 6.45) is 0. The van der Waals surface area contributed by atoms with Gasteiger partial charge >= 0.3 is 0 Å². The van der Waals surface area contributed by atoms with Crippen LogP contribution in [0.4, 0.5) is 0 Å². The zero-order valence-electron chi connectivity index (χ0n) is 14.3. The Balaban J connectivity index is 1.99. The minimum atomic E-state index is -0.122. The molecule has 0 radical (unpaired) electrons. The first-order valence-corrected chi connectivity index (χ1v) is 7.95. The Hall–Kier alpha value is -3.31. The van der Waals surface area contributed by atoms with Crippen LogP contribution in [0.5, 0.6) is 5.75 Å². The van der Waals surface area contributed by atoms with E-state index in [1.54, 1.807) is 41.3 Å². The van der Waals surface area contributed by atoms with Crippen molar-refractivity contribution >= 4 is 5.91 Å². The van der Waals surface area contributed by atoms with Crippen LogP contribution in [0.1, 0.15) is 30.5 Å². The van der Waals surface area contributed by atoms with Crippen molar-refractivity contribution < 1.29 is 9.53 Å². The maximum Gasteiger partial charge on any atom is 0.261 e. The number of hydrogen-bond donors (Lipinski definition) is 0. The topological polar surface area (TPSA) is 77.1 Å². The Labute approximate surface area is 147 Å². The first-order valence-electron chi connectivity index (χ1n) is 7.95. The van der Waals surface area contributed by atoms with Crippen LogP contribution >= 0.6 is 0 Å². The zero-order chi connectivity index (χ0) is 18.2. The molecular weight excluding hydrogens is 314 g/mol. The number of nitriles is 2. The molecule has 5 heteroatoms. The molecule has 25 heavy (non-hydrogen) atoms. The van der Waals surface area contributed by atoms with Crippen LogP contribution < -0.4 is 4.74 Å². The summed E-state index contributed by atoms with van der Waals surface area (Å²) in [6.45, 7) is 4.28. The Morgan fingerprint density at radius 2 is 1.52 bits per heavy atom. The highest BCUT2D eigenvalue weighted by Gasteiger charge is 2.18. The number of rotatable bonds is 6. The van der Waals surface area contributed by atoms with Crippen LogP contribution in [0.15, 0.2) is 48.5 Å². The van der Waals surface area contributed by atoms with Crippen molar-refractivity contribution in [3.05, 3.63) is 65.2 Å². The molecule has 1 amide bonds. The van der Waals surface area contributed by atoms with Gasteiger partial charge in [-0.3, -0.25) is 4.79 Å². The summed E-state index contributed by atoms with van der Waals surface area (Å²) in [5.74, 6) is 0.429. The van der Waals surface area contributed by atoms with Gasteiger partial charge in [0.25, 0.3) is 5.91 Å². The molecule has 0 aliphatic carbocycles. The molecule has 0 aromatic heterocycles. The van der Waals surface area contributed by atoms with E-state index >= 15 is 0 Å². The fourth-order valence-electron chi connectivity index (χ4n) is 2.29. The monoisotopic (exact) mass is 333 g/mol. The van der Waals surface area contributed by atoms with Crippen molar-refractivity contribution in [2.45, 2.75) is 26.4 Å². The lowest BCUT2D eigenvalue weighted by molar-refractivity contribution is -0.135. The van der Waals surface area contributed by atoms with E-state index in [1.807, 2.05) is 32.0 Å². The minimum absolute atomic E-state index is 0.0210. The van der Waals surface area contributed by atoms with E-state index in [0.29, 0.717) is 23.4 Å². The summed E-state index contributed by atoms with van der Waals surface area (Å²) in [4.78, 5) is 14.2. The number of ether oxygens (including phenoxy) is 1. The van der Waals surface area contributed by atoms with Crippen molar-refractivity contribution in [1.82, 2.24) is 4.90 Å². The third-order valence-corrected chi connectivity index (χ3v) is 3.73. The second kappa shape index (κ2) is 8.52. The maximum atomic E-state index is 12.5. The van der Waals surface area contributed by atoms with Gasteiger partial charge in [-0.05, 0) is 55.8 Å². The highest BCUT2D eigenvalue weighted by atomic mass is 16.5. The van der Waals surface area contributed by atoms with Gasteiger partial charge in [0, 0.05) is 12.6 Å². The van der Waals surface area contributed by atoms with Crippen molar-refractivity contribution in [3.63, 3.8) is 0 Å². The summed E-state index contributed by atoms with van der Waals surface area (Å²) in [7, 11) is 0. The number of carbonyl (C=O) groups excluding carboxylic acids is 1. The van der Waals surface area contributed by atoms with E-state index in [1.165, 1.54) is 0 Å². The van der Waals surface area contributed by atoms with Crippen molar-refractivity contribution in [2.75, 3.05) is 6.61 Å². The van der Waals surface area contributed by atoms with E-state index in [-0.39, 0.29) is 18.6 Å². The Morgan fingerprint density at radius 3 is 2.00 bits per heavy atom. The molecule has 0 heterocycles. The maximum absolute atomic E-state index is 12.5. The van der Waals surface area contributed by atoms with Crippen LogP contribution in [0.3, 0.4) is 0 Å². The molecule has 126 valence electrons. The zero-order valence-corrected chi connectivity index (χ0v) is 14.3. The molecule has 0 fully saturated rings. The Morgan fingerprint density at radius 1 is 1.00 bits per heavy atom. The minimum Gasteiger partial charge on any atom is -0.484 e. The number of carbonyl (C=O) groups is 1. The SMILES string of the molecule is CC(C)N(Cc1ccc(C#N)cc1)C(=O)COc1ccc(C#N)cc1. The van der Waals surface area contributed by atoms with E-state index in [9.17, 15) is 4.79 Å². The van der Waals surface area contributed by atoms with E-state index in [2.05, 4.69) is 6.07 Å². The molecular formula is C20H19N3O2. The van der Waals surface area contributed by atoms with Crippen LogP contribution in [0, 0.1) is 22.7 Å². The van der Waals surface area contributed by atoms with Gasteiger partial charge < -0.3 is 9.64 Å².